The van der Waals surface area contributed by atoms with E-state index >= 15 is 0 Å². The highest BCUT2D eigenvalue weighted by Crippen LogP contribution is 2.15. The molecule has 2 nitrogen and oxygen atoms in total. The van der Waals surface area contributed by atoms with Crippen molar-refractivity contribution in [3.8, 4) is 0 Å². The van der Waals surface area contributed by atoms with Gasteiger partial charge in [-0.15, -0.1) is 0 Å². The lowest BCUT2D eigenvalue weighted by Gasteiger charge is -2.00. The average molecular weight is 176 g/mol. The first-order chi connectivity index (χ1) is 6.16. The average Bonchev–Trinajstić information content (AvgIpc) is 2.06. The molecule has 0 atom stereocenters. The van der Waals surface area contributed by atoms with Crippen LogP contribution in [0.3, 0.4) is 0 Å². The second kappa shape index (κ2) is 2.76. The van der Waals surface area contributed by atoms with Gasteiger partial charge in [-0.2, -0.15) is 0 Å². The molecule has 0 N–H and O–H groups in total. The first kappa shape index (κ1) is 8.10. The summed E-state index contributed by atoms with van der Waals surface area (Å²) in [7, 11) is 0. The smallest absolute Gasteiger partial charge is 0.151 e. The number of hydrogen-bond acceptors (Lipinski definition) is 2. The van der Waals surface area contributed by atoms with Crippen molar-refractivity contribution in [2.45, 2.75) is 13.8 Å². The van der Waals surface area contributed by atoms with E-state index in [1.165, 1.54) is 6.07 Å². The third-order valence-electron chi connectivity index (χ3n) is 1.87. The fourth-order valence-electron chi connectivity index (χ4n) is 1.29. The third-order valence-corrected chi connectivity index (χ3v) is 1.87. The Balaban J connectivity index is 2.87. The minimum Gasteiger partial charge on any atom is -0.253 e. The lowest BCUT2D eigenvalue weighted by atomic mass is 10.2. The van der Waals surface area contributed by atoms with Crippen LogP contribution in [0.25, 0.3) is 11.0 Å². The van der Waals surface area contributed by atoms with Gasteiger partial charge in [-0.1, -0.05) is 0 Å². The maximum atomic E-state index is 13.3. The second-order valence-electron chi connectivity index (χ2n) is 3.13. The van der Waals surface area contributed by atoms with Crippen molar-refractivity contribution in [3.63, 3.8) is 0 Å². The van der Waals surface area contributed by atoms with Crippen LogP contribution in [0.5, 0.6) is 0 Å². The summed E-state index contributed by atoms with van der Waals surface area (Å²) < 4.78 is 13.3. The molecule has 0 amide bonds. The molecule has 1 aromatic heterocycles. The van der Waals surface area contributed by atoms with Crippen molar-refractivity contribution in [3.05, 3.63) is 35.4 Å². The highest BCUT2D eigenvalue weighted by Gasteiger charge is 2.03. The molecule has 0 saturated heterocycles. The van der Waals surface area contributed by atoms with Gasteiger partial charge in [-0.05, 0) is 31.5 Å². The van der Waals surface area contributed by atoms with Gasteiger partial charge in [-0.25, -0.2) is 9.37 Å². The van der Waals surface area contributed by atoms with E-state index in [-0.39, 0.29) is 5.82 Å². The summed E-state index contributed by atoms with van der Waals surface area (Å²) in [6.07, 6.45) is 1.64. The van der Waals surface area contributed by atoms with Crippen LogP contribution < -0.4 is 0 Å². The molecular formula is C10H9FN2. The molecule has 2 aromatic rings. The molecule has 0 bridgehead atoms. The molecule has 0 aliphatic carbocycles. The summed E-state index contributed by atoms with van der Waals surface area (Å²) >= 11 is 0. The van der Waals surface area contributed by atoms with E-state index in [1.54, 1.807) is 13.1 Å². The quantitative estimate of drug-likeness (QED) is 0.616. The molecule has 0 unspecified atom stereocenters. The molecule has 1 aromatic carbocycles. The Labute approximate surface area is 75.4 Å². The fourth-order valence-corrected chi connectivity index (χ4v) is 1.29. The number of fused-ring (bicyclic) bond motifs is 1. The zero-order chi connectivity index (χ0) is 9.42. The fraction of sp³-hybridized carbons (Fsp3) is 0.200. The van der Waals surface area contributed by atoms with Crippen molar-refractivity contribution < 1.29 is 4.39 Å². The van der Waals surface area contributed by atoms with Crippen LogP contribution in [0.2, 0.25) is 0 Å². The Bertz CT molecular complexity index is 466. The highest BCUT2D eigenvalue weighted by molar-refractivity contribution is 5.75. The predicted octanol–water partition coefficient (Wildman–Crippen LogP) is 2.39. The lowest BCUT2D eigenvalue weighted by molar-refractivity contribution is 0.635. The van der Waals surface area contributed by atoms with Crippen molar-refractivity contribution in [1.29, 1.82) is 0 Å². The molecule has 0 fully saturated rings. The third kappa shape index (κ3) is 1.37. The number of nitrogens with zero attached hydrogens (tertiary/aromatic N) is 2. The normalized spacial score (nSPS) is 10.7. The zero-order valence-corrected chi connectivity index (χ0v) is 7.50. The molecule has 66 valence electrons. The Hall–Kier alpha value is -1.51. The summed E-state index contributed by atoms with van der Waals surface area (Å²) in [5.74, 6) is -0.300. The van der Waals surface area contributed by atoms with E-state index in [4.69, 9.17) is 0 Å². The topological polar surface area (TPSA) is 25.8 Å². The Morgan fingerprint density at radius 3 is 2.77 bits per heavy atom. The van der Waals surface area contributed by atoms with Crippen molar-refractivity contribution >= 4 is 11.0 Å². The molecule has 0 saturated carbocycles. The van der Waals surface area contributed by atoms with Crippen molar-refractivity contribution in [2.75, 3.05) is 0 Å². The summed E-state index contributed by atoms with van der Waals surface area (Å²) in [5, 5.41) is 0. The van der Waals surface area contributed by atoms with Crippen LogP contribution in [0.1, 0.15) is 11.3 Å². The minimum absolute atomic E-state index is 0.300. The van der Waals surface area contributed by atoms with E-state index in [0.717, 1.165) is 11.3 Å². The van der Waals surface area contributed by atoms with E-state index < -0.39 is 0 Å². The van der Waals surface area contributed by atoms with Gasteiger partial charge in [0, 0.05) is 6.20 Å². The molecule has 0 aliphatic heterocycles. The van der Waals surface area contributed by atoms with Gasteiger partial charge in [0.1, 0.15) is 5.52 Å². The van der Waals surface area contributed by atoms with Gasteiger partial charge in [0.2, 0.25) is 0 Å². The summed E-state index contributed by atoms with van der Waals surface area (Å²) in [6.45, 7) is 3.63. The molecule has 0 aliphatic rings. The number of rotatable bonds is 0. The first-order valence-corrected chi connectivity index (χ1v) is 4.06. The standard InChI is InChI=1S/C10H9FN2/c1-6-3-8(11)10-9(4-6)12-5-7(2)13-10/h3-5H,1-2H3. The number of hydrogen-bond donors (Lipinski definition) is 0. The number of benzene rings is 1. The first-order valence-electron chi connectivity index (χ1n) is 4.06. The van der Waals surface area contributed by atoms with Gasteiger partial charge in [0.15, 0.2) is 5.82 Å². The largest absolute Gasteiger partial charge is 0.253 e. The Kier molecular flexibility index (Phi) is 1.72. The van der Waals surface area contributed by atoms with E-state index in [1.807, 2.05) is 13.0 Å². The number of aromatic nitrogens is 2. The SMILES string of the molecule is Cc1cc(F)c2nc(C)cnc2c1. The van der Waals surface area contributed by atoms with Crippen LogP contribution in [0.15, 0.2) is 18.3 Å². The van der Waals surface area contributed by atoms with E-state index in [2.05, 4.69) is 9.97 Å². The zero-order valence-electron chi connectivity index (χ0n) is 7.50. The molecular weight excluding hydrogens is 167 g/mol. The van der Waals surface area contributed by atoms with Gasteiger partial charge in [0.05, 0.1) is 11.2 Å². The number of halogens is 1. The van der Waals surface area contributed by atoms with Gasteiger partial charge >= 0.3 is 0 Å². The Morgan fingerprint density at radius 1 is 1.23 bits per heavy atom. The lowest BCUT2D eigenvalue weighted by Crippen LogP contribution is -1.91. The molecule has 0 spiro atoms. The van der Waals surface area contributed by atoms with Crippen LogP contribution in [-0.4, -0.2) is 9.97 Å². The van der Waals surface area contributed by atoms with Gasteiger partial charge in [0.25, 0.3) is 0 Å². The number of aryl methyl sites for hydroxylation is 2. The predicted molar refractivity (Wildman–Crippen MR) is 49.0 cm³/mol. The van der Waals surface area contributed by atoms with Crippen LogP contribution in [0, 0.1) is 19.7 Å². The van der Waals surface area contributed by atoms with E-state index in [0.29, 0.717) is 11.0 Å². The maximum Gasteiger partial charge on any atom is 0.151 e. The maximum absolute atomic E-state index is 13.3. The second-order valence-corrected chi connectivity index (χ2v) is 3.13. The Morgan fingerprint density at radius 2 is 2.00 bits per heavy atom. The molecule has 2 rings (SSSR count). The minimum atomic E-state index is -0.300. The van der Waals surface area contributed by atoms with Crippen molar-refractivity contribution in [1.82, 2.24) is 9.97 Å². The molecule has 3 heteroatoms. The monoisotopic (exact) mass is 176 g/mol. The van der Waals surface area contributed by atoms with Crippen LogP contribution >= 0.6 is 0 Å². The van der Waals surface area contributed by atoms with Crippen molar-refractivity contribution in [2.24, 2.45) is 0 Å². The summed E-state index contributed by atoms with van der Waals surface area (Å²) in [5.41, 5.74) is 2.56. The summed E-state index contributed by atoms with van der Waals surface area (Å²) in [4.78, 5) is 8.18. The van der Waals surface area contributed by atoms with Gasteiger partial charge < -0.3 is 0 Å². The summed E-state index contributed by atoms with van der Waals surface area (Å²) in [6, 6.07) is 3.29. The van der Waals surface area contributed by atoms with Crippen LogP contribution in [0.4, 0.5) is 4.39 Å². The van der Waals surface area contributed by atoms with E-state index in [9.17, 15) is 4.39 Å². The molecule has 1 heterocycles. The van der Waals surface area contributed by atoms with Crippen LogP contribution in [-0.2, 0) is 0 Å². The highest BCUT2D eigenvalue weighted by atomic mass is 19.1. The van der Waals surface area contributed by atoms with Gasteiger partial charge in [-0.3, -0.25) is 4.98 Å². The molecule has 13 heavy (non-hydrogen) atoms. The molecule has 0 radical (unpaired) electrons.